The Bertz CT molecular complexity index is 1810. The zero-order valence-electron chi connectivity index (χ0n) is 23.3. The summed E-state index contributed by atoms with van der Waals surface area (Å²) in [5, 5.41) is 1.50. The highest BCUT2D eigenvalue weighted by Crippen LogP contribution is 2.39. The molecule has 1 aromatic carbocycles. The number of carbonyl (C=O) groups excluding carboxylic acids is 1. The van der Waals surface area contributed by atoms with Gasteiger partial charge in [-0.1, -0.05) is 12.1 Å². The van der Waals surface area contributed by atoms with Crippen LogP contribution in [-0.4, -0.2) is 71.9 Å². The molecule has 218 valence electrons. The van der Waals surface area contributed by atoms with Crippen molar-refractivity contribution in [3.05, 3.63) is 59.3 Å². The maximum atomic E-state index is 13.2. The van der Waals surface area contributed by atoms with Crippen LogP contribution in [0.25, 0.3) is 33.6 Å². The van der Waals surface area contributed by atoms with Crippen molar-refractivity contribution in [3.63, 3.8) is 0 Å². The van der Waals surface area contributed by atoms with Crippen LogP contribution in [0, 0.1) is 5.92 Å². The van der Waals surface area contributed by atoms with E-state index in [1.165, 1.54) is 12.8 Å². The molecule has 2 N–H and O–H groups in total. The molecule has 1 saturated carbocycles. The lowest BCUT2D eigenvalue weighted by molar-refractivity contribution is 0.0723. The van der Waals surface area contributed by atoms with Crippen molar-refractivity contribution in [3.8, 4) is 17.3 Å². The minimum Gasteiger partial charge on any atom is -0.490 e. The zero-order chi connectivity index (χ0) is 29.0. The third-order valence-corrected chi connectivity index (χ3v) is 8.53. The molecule has 0 radical (unpaired) electrons. The van der Waals surface area contributed by atoms with Gasteiger partial charge in [0.25, 0.3) is 5.91 Å². The molecule has 0 unspecified atom stereocenters. The van der Waals surface area contributed by atoms with Crippen LogP contribution < -0.4 is 10.5 Å². The standard InChI is InChI=1S/C30H32ClFN8O2/c1-37-27-23(14-21-22(35-27)7-9-39(29(21)41)17-20(33)15-32)36-28(37)24-13-19-3-2-4-25(26(19)40(24)16-18-5-6-18)42-12-11-38-10-8-34-30(38)31/h2-4,8,10,13-14,18,20H,5-7,9,11-12,15-17,33H2,1H3/t20-/m1/s1. The van der Waals surface area contributed by atoms with Gasteiger partial charge in [-0.05, 0) is 48.6 Å². The first kappa shape index (κ1) is 26.9. The molecule has 1 atom stereocenters. The van der Waals surface area contributed by atoms with Crippen molar-refractivity contribution in [1.29, 1.82) is 0 Å². The molecule has 42 heavy (non-hydrogen) atoms. The molecule has 7 rings (SSSR count). The van der Waals surface area contributed by atoms with Gasteiger partial charge in [-0.25, -0.2) is 19.3 Å². The van der Waals surface area contributed by atoms with Gasteiger partial charge in [0.1, 0.15) is 24.5 Å². The number of imidazole rings is 2. The normalized spacial score (nSPS) is 16.0. The summed E-state index contributed by atoms with van der Waals surface area (Å²) >= 11 is 6.15. The first-order valence-electron chi connectivity index (χ1n) is 14.3. The Kier molecular flexibility index (Phi) is 6.86. The van der Waals surface area contributed by atoms with Gasteiger partial charge >= 0.3 is 0 Å². The maximum Gasteiger partial charge on any atom is 0.255 e. The van der Waals surface area contributed by atoms with Crippen LogP contribution >= 0.6 is 11.6 Å². The van der Waals surface area contributed by atoms with Gasteiger partial charge in [0, 0.05) is 50.9 Å². The second-order valence-corrected chi connectivity index (χ2v) is 11.6. The Hall–Kier alpha value is -3.96. The third kappa shape index (κ3) is 4.80. The molecule has 12 heteroatoms. The van der Waals surface area contributed by atoms with E-state index in [1.807, 2.05) is 40.6 Å². The number of nitrogens with zero attached hydrogens (tertiary/aromatic N) is 7. The van der Waals surface area contributed by atoms with Gasteiger partial charge in [0.15, 0.2) is 11.5 Å². The Balaban J connectivity index is 1.26. The quantitative estimate of drug-likeness (QED) is 0.261. The highest BCUT2D eigenvalue weighted by Gasteiger charge is 2.30. The molecule has 0 spiro atoms. The maximum absolute atomic E-state index is 13.2. The first-order valence-corrected chi connectivity index (χ1v) is 14.7. The van der Waals surface area contributed by atoms with Crippen LogP contribution in [0.3, 0.4) is 0 Å². The largest absolute Gasteiger partial charge is 0.490 e. The molecule has 0 bridgehead atoms. The Morgan fingerprint density at radius 1 is 1.24 bits per heavy atom. The van der Waals surface area contributed by atoms with Crippen molar-refractivity contribution in [2.24, 2.45) is 18.7 Å². The fourth-order valence-corrected chi connectivity index (χ4v) is 6.04. The van der Waals surface area contributed by atoms with Gasteiger partial charge in [-0.15, -0.1) is 0 Å². The highest BCUT2D eigenvalue weighted by atomic mass is 35.5. The van der Waals surface area contributed by atoms with Gasteiger partial charge in [0.2, 0.25) is 5.28 Å². The number of rotatable bonds is 10. The molecule has 5 heterocycles. The second kappa shape index (κ2) is 10.7. The molecule has 1 amide bonds. The summed E-state index contributed by atoms with van der Waals surface area (Å²) in [6.07, 6.45) is 6.49. The minimum atomic E-state index is -0.695. The summed E-state index contributed by atoms with van der Waals surface area (Å²) in [6, 6.07) is 9.38. The van der Waals surface area contributed by atoms with Gasteiger partial charge in [-0.2, -0.15) is 0 Å². The van der Waals surface area contributed by atoms with Crippen LogP contribution in [0.2, 0.25) is 5.28 Å². The number of alkyl halides is 1. The predicted octanol–water partition coefficient (Wildman–Crippen LogP) is 4.22. The number of amides is 1. The predicted molar refractivity (Wildman–Crippen MR) is 158 cm³/mol. The second-order valence-electron chi connectivity index (χ2n) is 11.3. The number of pyridine rings is 1. The molecule has 10 nitrogen and oxygen atoms in total. The van der Waals surface area contributed by atoms with Crippen molar-refractivity contribution < 1.29 is 13.9 Å². The van der Waals surface area contributed by atoms with Crippen molar-refractivity contribution in [1.82, 2.24) is 33.6 Å². The first-order chi connectivity index (χ1) is 20.4. The van der Waals surface area contributed by atoms with E-state index in [0.717, 1.165) is 46.1 Å². The SMILES string of the molecule is Cn1c(-c2cc3cccc(OCCn4ccnc4Cl)c3n2CC2CC2)nc2cc3c(nc21)CCN(C[C@H](N)CF)C3=O. The smallest absolute Gasteiger partial charge is 0.255 e. The van der Waals surface area contributed by atoms with E-state index in [4.69, 9.17) is 32.0 Å². The summed E-state index contributed by atoms with van der Waals surface area (Å²) in [4.78, 5) is 28.8. The fourth-order valence-electron chi connectivity index (χ4n) is 5.84. The third-order valence-electron chi connectivity index (χ3n) is 8.22. The van der Waals surface area contributed by atoms with Crippen LogP contribution in [0.15, 0.2) is 42.7 Å². The molecule has 1 aliphatic heterocycles. The van der Waals surface area contributed by atoms with E-state index in [1.54, 1.807) is 11.1 Å². The van der Waals surface area contributed by atoms with E-state index < -0.39 is 12.7 Å². The van der Waals surface area contributed by atoms with Gasteiger partial charge in [0.05, 0.1) is 35.1 Å². The average Bonchev–Trinajstić information content (AvgIpc) is 3.48. The lowest BCUT2D eigenvalue weighted by Gasteiger charge is -2.29. The van der Waals surface area contributed by atoms with Gasteiger partial charge < -0.3 is 29.1 Å². The molecular formula is C30H32ClFN8O2. The zero-order valence-corrected chi connectivity index (χ0v) is 24.1. The number of hydrogen-bond donors (Lipinski definition) is 1. The number of benzene rings is 1. The molecule has 1 fully saturated rings. The lowest BCUT2D eigenvalue weighted by atomic mass is 10.0. The number of hydrogen-bond acceptors (Lipinski definition) is 6. The number of carbonyl (C=O) groups is 1. The molecule has 5 aromatic rings. The Labute approximate surface area is 246 Å². The molecule has 2 aliphatic rings. The topological polar surface area (TPSA) is 109 Å². The van der Waals surface area contributed by atoms with Crippen molar-refractivity contribution >= 4 is 39.6 Å². The minimum absolute atomic E-state index is 0.177. The fraction of sp³-hybridized carbons (Fsp3) is 0.400. The molecule has 1 aliphatic carbocycles. The van der Waals surface area contributed by atoms with Crippen LogP contribution in [0.4, 0.5) is 4.39 Å². The number of ether oxygens (including phenoxy) is 1. The number of aryl methyl sites for hydroxylation is 1. The van der Waals surface area contributed by atoms with E-state index >= 15 is 0 Å². The number of halogens is 2. The molecule has 0 saturated heterocycles. The summed E-state index contributed by atoms with van der Waals surface area (Å²) in [5.74, 6) is 2.01. The number of para-hydroxylation sites is 1. The lowest BCUT2D eigenvalue weighted by Crippen LogP contribution is -2.45. The number of fused-ring (bicyclic) bond motifs is 3. The summed E-state index contributed by atoms with van der Waals surface area (Å²) in [6.45, 7) is 1.88. The van der Waals surface area contributed by atoms with E-state index in [0.29, 0.717) is 48.4 Å². The van der Waals surface area contributed by atoms with Crippen molar-refractivity contribution in [2.75, 3.05) is 26.4 Å². The van der Waals surface area contributed by atoms with E-state index in [9.17, 15) is 9.18 Å². The summed E-state index contributed by atoms with van der Waals surface area (Å²) in [7, 11) is 1.96. The Morgan fingerprint density at radius 3 is 2.86 bits per heavy atom. The van der Waals surface area contributed by atoms with E-state index in [-0.39, 0.29) is 12.5 Å². The van der Waals surface area contributed by atoms with Crippen LogP contribution in [0.1, 0.15) is 28.9 Å². The van der Waals surface area contributed by atoms with Crippen LogP contribution in [-0.2, 0) is 26.6 Å². The summed E-state index contributed by atoms with van der Waals surface area (Å²) in [5.41, 5.74) is 10.4. The molecule has 4 aromatic heterocycles. The summed E-state index contributed by atoms with van der Waals surface area (Å²) < 4.78 is 25.5. The average molecular weight is 591 g/mol. The van der Waals surface area contributed by atoms with Gasteiger partial charge in [-0.3, -0.25) is 4.79 Å². The van der Waals surface area contributed by atoms with Crippen LogP contribution in [0.5, 0.6) is 5.75 Å². The Morgan fingerprint density at radius 2 is 2.10 bits per heavy atom. The monoisotopic (exact) mass is 590 g/mol. The van der Waals surface area contributed by atoms with E-state index in [2.05, 4.69) is 21.7 Å². The van der Waals surface area contributed by atoms with Crippen molar-refractivity contribution in [2.45, 2.75) is 38.4 Å². The highest BCUT2D eigenvalue weighted by molar-refractivity contribution is 6.28. The number of aromatic nitrogens is 6. The number of nitrogens with two attached hydrogens (primary N) is 1. The molecular weight excluding hydrogens is 559 g/mol.